The lowest BCUT2D eigenvalue weighted by Crippen LogP contribution is -2.28. The van der Waals surface area contributed by atoms with Gasteiger partial charge in [0, 0.05) is 39.1 Å². The molecule has 0 spiro atoms. The number of anilines is 1. The lowest BCUT2D eigenvalue weighted by atomic mass is 10.2. The highest BCUT2D eigenvalue weighted by Gasteiger charge is 2.20. The van der Waals surface area contributed by atoms with Crippen LogP contribution in [0.1, 0.15) is 28.8 Å². The Balaban J connectivity index is 1.67. The van der Waals surface area contributed by atoms with Crippen LogP contribution >= 0.6 is 0 Å². The highest BCUT2D eigenvalue weighted by atomic mass is 16.2. The molecule has 2 heterocycles. The first-order chi connectivity index (χ1) is 10.7. The maximum absolute atomic E-state index is 12.3. The van der Waals surface area contributed by atoms with Gasteiger partial charge in [-0.2, -0.15) is 0 Å². The molecule has 0 N–H and O–H groups in total. The number of carbonyl (C=O) groups is 1. The molecule has 1 amide bonds. The number of hydrogen-bond donors (Lipinski definition) is 0. The Kier molecular flexibility index (Phi) is 4.32. The standard InChI is InChI=1S/C17H20N4O/c1-20(13-14-7-3-2-4-8-14)17-18-11-15(12-19-17)16(22)21-9-5-6-10-21/h2-4,7-8,11-12H,5-6,9-10,13H2,1H3. The summed E-state index contributed by atoms with van der Waals surface area (Å²) in [5.74, 6) is 0.664. The monoisotopic (exact) mass is 296 g/mol. The molecule has 1 saturated heterocycles. The lowest BCUT2D eigenvalue weighted by Gasteiger charge is -2.18. The maximum atomic E-state index is 12.3. The molecule has 5 heteroatoms. The van der Waals surface area contributed by atoms with E-state index in [0.29, 0.717) is 11.5 Å². The minimum Gasteiger partial charge on any atom is -0.340 e. The summed E-state index contributed by atoms with van der Waals surface area (Å²) in [4.78, 5) is 24.8. The lowest BCUT2D eigenvalue weighted by molar-refractivity contribution is 0.0792. The fourth-order valence-corrected chi connectivity index (χ4v) is 2.66. The van der Waals surface area contributed by atoms with Crippen molar-refractivity contribution in [1.82, 2.24) is 14.9 Å². The Morgan fingerprint density at radius 2 is 1.77 bits per heavy atom. The number of amides is 1. The minimum atomic E-state index is 0.0368. The summed E-state index contributed by atoms with van der Waals surface area (Å²) in [5, 5.41) is 0. The van der Waals surface area contributed by atoms with Crippen LogP contribution in [0.3, 0.4) is 0 Å². The third-order valence-electron chi connectivity index (χ3n) is 3.88. The molecule has 1 aliphatic rings. The summed E-state index contributed by atoms with van der Waals surface area (Å²) < 4.78 is 0. The average molecular weight is 296 g/mol. The highest BCUT2D eigenvalue weighted by molar-refractivity contribution is 5.93. The zero-order valence-corrected chi connectivity index (χ0v) is 12.8. The molecule has 1 fully saturated rings. The molecule has 0 atom stereocenters. The molecule has 1 aliphatic heterocycles. The molecule has 3 rings (SSSR count). The van der Waals surface area contributed by atoms with Crippen molar-refractivity contribution in [3.05, 3.63) is 53.9 Å². The number of likely N-dealkylation sites (tertiary alicyclic amines) is 1. The first-order valence-electron chi connectivity index (χ1n) is 7.60. The largest absolute Gasteiger partial charge is 0.340 e. The Labute approximate surface area is 130 Å². The van der Waals surface area contributed by atoms with Crippen LogP contribution in [-0.2, 0) is 6.54 Å². The van der Waals surface area contributed by atoms with Gasteiger partial charge in [0.1, 0.15) is 0 Å². The third kappa shape index (κ3) is 3.24. The first-order valence-corrected chi connectivity index (χ1v) is 7.60. The van der Waals surface area contributed by atoms with Crippen LogP contribution in [0.25, 0.3) is 0 Å². The number of nitrogens with zero attached hydrogens (tertiary/aromatic N) is 4. The number of aromatic nitrogens is 2. The normalized spacial score (nSPS) is 14.1. The average Bonchev–Trinajstić information content (AvgIpc) is 3.10. The van der Waals surface area contributed by atoms with Gasteiger partial charge in [0.25, 0.3) is 5.91 Å². The van der Waals surface area contributed by atoms with Crippen LogP contribution in [0, 0.1) is 0 Å². The number of benzene rings is 1. The van der Waals surface area contributed by atoms with Crippen molar-refractivity contribution in [2.24, 2.45) is 0 Å². The van der Waals surface area contributed by atoms with E-state index in [0.717, 1.165) is 32.5 Å². The molecule has 0 saturated carbocycles. The fourth-order valence-electron chi connectivity index (χ4n) is 2.66. The van der Waals surface area contributed by atoms with E-state index >= 15 is 0 Å². The van der Waals surface area contributed by atoms with Crippen molar-refractivity contribution in [3.63, 3.8) is 0 Å². The summed E-state index contributed by atoms with van der Waals surface area (Å²) >= 11 is 0. The van der Waals surface area contributed by atoms with Gasteiger partial charge in [0.15, 0.2) is 0 Å². The third-order valence-corrected chi connectivity index (χ3v) is 3.88. The molecule has 0 unspecified atom stereocenters. The molecular formula is C17H20N4O. The fraction of sp³-hybridized carbons (Fsp3) is 0.353. The van der Waals surface area contributed by atoms with Gasteiger partial charge in [0.05, 0.1) is 5.56 Å². The highest BCUT2D eigenvalue weighted by Crippen LogP contribution is 2.14. The number of carbonyl (C=O) groups excluding carboxylic acids is 1. The Morgan fingerprint density at radius 3 is 2.41 bits per heavy atom. The van der Waals surface area contributed by atoms with Gasteiger partial charge >= 0.3 is 0 Å². The van der Waals surface area contributed by atoms with Crippen LogP contribution in [0.5, 0.6) is 0 Å². The van der Waals surface area contributed by atoms with E-state index < -0.39 is 0 Å². The van der Waals surface area contributed by atoms with Crippen molar-refractivity contribution < 1.29 is 4.79 Å². The Hall–Kier alpha value is -2.43. The van der Waals surface area contributed by atoms with Gasteiger partial charge in [-0.3, -0.25) is 4.79 Å². The van der Waals surface area contributed by atoms with Crippen molar-refractivity contribution in [2.75, 3.05) is 25.0 Å². The van der Waals surface area contributed by atoms with Crippen LogP contribution in [0.4, 0.5) is 5.95 Å². The van der Waals surface area contributed by atoms with Crippen molar-refractivity contribution in [1.29, 1.82) is 0 Å². The van der Waals surface area contributed by atoms with Crippen molar-refractivity contribution in [3.8, 4) is 0 Å². The minimum absolute atomic E-state index is 0.0368. The molecule has 2 aromatic rings. The van der Waals surface area contributed by atoms with Gasteiger partial charge in [-0.05, 0) is 18.4 Å². The molecule has 1 aromatic carbocycles. The van der Waals surface area contributed by atoms with E-state index in [1.807, 2.05) is 35.0 Å². The van der Waals surface area contributed by atoms with E-state index in [1.54, 1.807) is 12.4 Å². The zero-order chi connectivity index (χ0) is 15.4. The SMILES string of the molecule is CN(Cc1ccccc1)c1ncc(C(=O)N2CCCC2)cn1. The predicted molar refractivity (Wildman–Crippen MR) is 85.7 cm³/mol. The number of rotatable bonds is 4. The predicted octanol–water partition coefficient (Wildman–Crippen LogP) is 2.35. The van der Waals surface area contributed by atoms with Gasteiger partial charge in [0.2, 0.25) is 5.95 Å². The molecule has 5 nitrogen and oxygen atoms in total. The van der Waals surface area contributed by atoms with Crippen LogP contribution in [-0.4, -0.2) is 40.9 Å². The summed E-state index contributed by atoms with van der Waals surface area (Å²) in [5.41, 5.74) is 1.77. The molecule has 0 radical (unpaired) electrons. The molecular weight excluding hydrogens is 276 g/mol. The molecule has 0 bridgehead atoms. The van der Waals surface area contributed by atoms with Crippen molar-refractivity contribution >= 4 is 11.9 Å². The summed E-state index contributed by atoms with van der Waals surface area (Å²) in [6.45, 7) is 2.42. The summed E-state index contributed by atoms with van der Waals surface area (Å²) in [7, 11) is 1.95. The smallest absolute Gasteiger partial charge is 0.256 e. The number of hydrogen-bond acceptors (Lipinski definition) is 4. The molecule has 114 valence electrons. The van der Waals surface area contributed by atoms with E-state index in [1.165, 1.54) is 5.56 Å². The molecule has 22 heavy (non-hydrogen) atoms. The topological polar surface area (TPSA) is 49.3 Å². The molecule has 0 aliphatic carbocycles. The first kappa shape index (κ1) is 14.5. The van der Waals surface area contributed by atoms with Crippen LogP contribution in [0.2, 0.25) is 0 Å². The van der Waals surface area contributed by atoms with E-state index in [9.17, 15) is 4.79 Å². The van der Waals surface area contributed by atoms with Crippen molar-refractivity contribution in [2.45, 2.75) is 19.4 Å². The van der Waals surface area contributed by atoms with Gasteiger partial charge in [-0.1, -0.05) is 30.3 Å². The molecule has 1 aromatic heterocycles. The maximum Gasteiger partial charge on any atom is 0.256 e. The zero-order valence-electron chi connectivity index (χ0n) is 12.8. The van der Waals surface area contributed by atoms with Crippen LogP contribution < -0.4 is 4.90 Å². The van der Waals surface area contributed by atoms with Gasteiger partial charge < -0.3 is 9.80 Å². The van der Waals surface area contributed by atoms with E-state index in [4.69, 9.17) is 0 Å². The van der Waals surface area contributed by atoms with E-state index in [-0.39, 0.29) is 5.91 Å². The second-order valence-electron chi connectivity index (χ2n) is 5.61. The van der Waals surface area contributed by atoms with Gasteiger partial charge in [-0.25, -0.2) is 9.97 Å². The quantitative estimate of drug-likeness (QED) is 0.869. The Morgan fingerprint density at radius 1 is 1.14 bits per heavy atom. The van der Waals surface area contributed by atoms with Gasteiger partial charge in [-0.15, -0.1) is 0 Å². The second kappa shape index (κ2) is 6.56. The summed E-state index contributed by atoms with van der Waals surface area (Å²) in [6.07, 6.45) is 5.43. The summed E-state index contributed by atoms with van der Waals surface area (Å²) in [6, 6.07) is 10.2. The van der Waals surface area contributed by atoms with E-state index in [2.05, 4.69) is 22.1 Å². The van der Waals surface area contributed by atoms with Crippen LogP contribution in [0.15, 0.2) is 42.7 Å². The Bertz CT molecular complexity index is 621. The second-order valence-corrected chi connectivity index (χ2v) is 5.61.